The minimum atomic E-state index is -0.443. The maximum atomic E-state index is 14.6. The molecule has 0 aliphatic carbocycles. The van der Waals surface area contributed by atoms with Gasteiger partial charge in [-0.25, -0.2) is 14.1 Å². The number of fused-ring (bicyclic) bond motifs is 1. The van der Waals surface area contributed by atoms with Crippen LogP contribution >= 0.6 is 15.9 Å². The average Bonchev–Trinajstić information content (AvgIpc) is 3.08. The van der Waals surface area contributed by atoms with Crippen molar-refractivity contribution in [1.82, 2.24) is 19.3 Å². The standard InChI is InChI=1S/C21H18BrFN4O/c1-21(2,3)27-19-16(12-24-27)20(28)26(14-10-8-13(22)9-11-14)18(25-19)15-6-4-5-7-17(15)23/h4-12H,1-3H3. The lowest BCUT2D eigenvalue weighted by Crippen LogP contribution is -2.26. The van der Waals surface area contributed by atoms with Crippen LogP contribution in [0.25, 0.3) is 28.1 Å². The Morgan fingerprint density at radius 2 is 1.71 bits per heavy atom. The van der Waals surface area contributed by atoms with Gasteiger partial charge < -0.3 is 0 Å². The van der Waals surface area contributed by atoms with E-state index < -0.39 is 5.82 Å². The third kappa shape index (κ3) is 3.05. The molecule has 0 fully saturated rings. The van der Waals surface area contributed by atoms with Crippen LogP contribution in [0.1, 0.15) is 20.8 Å². The molecule has 4 rings (SSSR count). The molecule has 2 aromatic carbocycles. The van der Waals surface area contributed by atoms with Gasteiger partial charge in [-0.2, -0.15) is 5.10 Å². The van der Waals surface area contributed by atoms with Crippen molar-refractivity contribution in [3.05, 3.63) is 75.4 Å². The zero-order valence-electron chi connectivity index (χ0n) is 15.6. The van der Waals surface area contributed by atoms with E-state index >= 15 is 0 Å². The summed E-state index contributed by atoms with van der Waals surface area (Å²) in [7, 11) is 0. The smallest absolute Gasteiger partial charge is 0.268 e. The predicted octanol–water partition coefficient (Wildman–Crippen LogP) is 4.91. The Kier molecular flexibility index (Phi) is 4.42. The molecule has 28 heavy (non-hydrogen) atoms. The monoisotopic (exact) mass is 440 g/mol. The third-order valence-corrected chi connectivity index (χ3v) is 4.96. The van der Waals surface area contributed by atoms with Crippen LogP contribution in [0, 0.1) is 5.82 Å². The number of hydrogen-bond donors (Lipinski definition) is 0. The van der Waals surface area contributed by atoms with Crippen molar-refractivity contribution in [3.8, 4) is 17.1 Å². The molecular formula is C21H18BrFN4O. The van der Waals surface area contributed by atoms with Crippen molar-refractivity contribution in [3.63, 3.8) is 0 Å². The number of nitrogens with zero attached hydrogens (tertiary/aromatic N) is 4. The first-order chi connectivity index (χ1) is 13.3. The fraction of sp³-hybridized carbons (Fsp3) is 0.190. The van der Waals surface area contributed by atoms with E-state index in [-0.39, 0.29) is 22.5 Å². The Hall–Kier alpha value is -2.80. The second kappa shape index (κ2) is 6.67. The molecule has 0 bridgehead atoms. The molecule has 0 radical (unpaired) electrons. The summed E-state index contributed by atoms with van der Waals surface area (Å²) in [6.07, 6.45) is 1.52. The molecule has 2 heterocycles. The van der Waals surface area contributed by atoms with E-state index in [0.29, 0.717) is 16.7 Å². The second-order valence-electron chi connectivity index (χ2n) is 7.50. The molecule has 142 valence electrons. The van der Waals surface area contributed by atoms with Crippen molar-refractivity contribution in [1.29, 1.82) is 0 Å². The van der Waals surface area contributed by atoms with Gasteiger partial charge in [0, 0.05) is 4.47 Å². The first-order valence-corrected chi connectivity index (χ1v) is 9.59. The van der Waals surface area contributed by atoms with Gasteiger partial charge in [-0.15, -0.1) is 0 Å². The van der Waals surface area contributed by atoms with E-state index in [1.807, 2.05) is 32.9 Å². The Balaban J connectivity index is 2.14. The number of hydrogen-bond acceptors (Lipinski definition) is 3. The van der Waals surface area contributed by atoms with Gasteiger partial charge in [0.15, 0.2) is 11.5 Å². The van der Waals surface area contributed by atoms with E-state index in [4.69, 9.17) is 4.98 Å². The lowest BCUT2D eigenvalue weighted by Gasteiger charge is -2.20. The first kappa shape index (κ1) is 18.6. The fourth-order valence-corrected chi connectivity index (χ4v) is 3.38. The molecule has 0 spiro atoms. The van der Waals surface area contributed by atoms with Gasteiger partial charge in [0.2, 0.25) is 0 Å². The molecule has 0 N–H and O–H groups in total. The Morgan fingerprint density at radius 3 is 2.36 bits per heavy atom. The molecule has 0 saturated carbocycles. The van der Waals surface area contributed by atoms with Gasteiger partial charge >= 0.3 is 0 Å². The summed E-state index contributed by atoms with van der Waals surface area (Å²) in [5.41, 5.74) is 0.623. The summed E-state index contributed by atoms with van der Waals surface area (Å²) in [5.74, 6) is -0.203. The average molecular weight is 441 g/mol. The normalized spacial score (nSPS) is 11.9. The van der Waals surface area contributed by atoms with Gasteiger partial charge in [-0.3, -0.25) is 9.36 Å². The molecule has 5 nitrogen and oxygen atoms in total. The molecule has 0 atom stereocenters. The number of halogens is 2. The van der Waals surface area contributed by atoms with Gasteiger partial charge in [0.05, 0.1) is 23.0 Å². The van der Waals surface area contributed by atoms with Crippen molar-refractivity contribution in [2.75, 3.05) is 0 Å². The van der Waals surface area contributed by atoms with Crippen LogP contribution in [0.15, 0.2) is 64.0 Å². The van der Waals surface area contributed by atoms with Crippen LogP contribution in [-0.2, 0) is 5.54 Å². The van der Waals surface area contributed by atoms with Gasteiger partial charge in [0.1, 0.15) is 11.2 Å². The van der Waals surface area contributed by atoms with E-state index in [1.165, 1.54) is 16.8 Å². The Labute approximate surface area is 169 Å². The Morgan fingerprint density at radius 1 is 1.04 bits per heavy atom. The van der Waals surface area contributed by atoms with Gasteiger partial charge in [-0.05, 0) is 57.2 Å². The second-order valence-corrected chi connectivity index (χ2v) is 8.41. The molecule has 0 saturated heterocycles. The maximum absolute atomic E-state index is 14.6. The predicted molar refractivity (Wildman–Crippen MR) is 111 cm³/mol. The molecule has 0 amide bonds. The maximum Gasteiger partial charge on any atom is 0.269 e. The van der Waals surface area contributed by atoms with Gasteiger partial charge in [0.25, 0.3) is 5.56 Å². The quantitative estimate of drug-likeness (QED) is 0.445. The molecule has 0 unspecified atom stereocenters. The fourth-order valence-electron chi connectivity index (χ4n) is 3.11. The zero-order chi connectivity index (χ0) is 20.1. The first-order valence-electron chi connectivity index (χ1n) is 8.79. The summed E-state index contributed by atoms with van der Waals surface area (Å²) < 4.78 is 18.6. The van der Waals surface area contributed by atoms with Crippen LogP contribution in [0.3, 0.4) is 0 Å². The lowest BCUT2D eigenvalue weighted by atomic mass is 10.1. The summed E-state index contributed by atoms with van der Waals surface area (Å²) in [6.45, 7) is 5.93. The van der Waals surface area contributed by atoms with E-state index in [2.05, 4.69) is 21.0 Å². The highest BCUT2D eigenvalue weighted by atomic mass is 79.9. The third-order valence-electron chi connectivity index (χ3n) is 4.44. The minimum absolute atomic E-state index is 0.240. The molecule has 7 heteroatoms. The van der Waals surface area contributed by atoms with Gasteiger partial charge in [-0.1, -0.05) is 28.1 Å². The summed E-state index contributed by atoms with van der Waals surface area (Å²) in [4.78, 5) is 18.1. The van der Waals surface area contributed by atoms with Crippen molar-refractivity contribution in [2.24, 2.45) is 0 Å². The highest BCUT2D eigenvalue weighted by Crippen LogP contribution is 2.26. The molecule has 0 aliphatic rings. The summed E-state index contributed by atoms with van der Waals surface area (Å²) >= 11 is 3.40. The number of aromatic nitrogens is 4. The molecular weight excluding hydrogens is 423 g/mol. The van der Waals surface area contributed by atoms with E-state index in [9.17, 15) is 9.18 Å². The van der Waals surface area contributed by atoms with Crippen molar-refractivity contribution >= 4 is 27.0 Å². The van der Waals surface area contributed by atoms with Crippen molar-refractivity contribution in [2.45, 2.75) is 26.3 Å². The Bertz CT molecular complexity index is 1240. The number of benzene rings is 2. The number of rotatable bonds is 2. The van der Waals surface area contributed by atoms with E-state index in [1.54, 1.807) is 35.0 Å². The highest BCUT2D eigenvalue weighted by Gasteiger charge is 2.23. The topological polar surface area (TPSA) is 52.7 Å². The van der Waals surface area contributed by atoms with Crippen LogP contribution in [0.5, 0.6) is 0 Å². The zero-order valence-corrected chi connectivity index (χ0v) is 17.2. The largest absolute Gasteiger partial charge is 0.269 e. The van der Waals surface area contributed by atoms with E-state index in [0.717, 1.165) is 4.47 Å². The molecule has 0 aliphatic heterocycles. The lowest BCUT2D eigenvalue weighted by molar-refractivity contribution is 0.366. The minimum Gasteiger partial charge on any atom is -0.268 e. The summed E-state index contributed by atoms with van der Waals surface area (Å²) in [6, 6.07) is 13.6. The van der Waals surface area contributed by atoms with Crippen LogP contribution in [0.2, 0.25) is 0 Å². The SMILES string of the molecule is CC(C)(C)n1ncc2c(=O)n(-c3ccc(Br)cc3)c(-c3ccccc3F)nc21. The highest BCUT2D eigenvalue weighted by molar-refractivity contribution is 9.10. The van der Waals surface area contributed by atoms with Crippen LogP contribution in [-0.4, -0.2) is 19.3 Å². The summed E-state index contributed by atoms with van der Waals surface area (Å²) in [5, 5.41) is 4.76. The van der Waals surface area contributed by atoms with Crippen LogP contribution in [0.4, 0.5) is 4.39 Å². The molecule has 2 aromatic heterocycles. The molecule has 4 aromatic rings. The van der Waals surface area contributed by atoms with Crippen molar-refractivity contribution < 1.29 is 4.39 Å². The van der Waals surface area contributed by atoms with Crippen LogP contribution < -0.4 is 5.56 Å².